The Labute approximate surface area is 122 Å². The van der Waals surface area contributed by atoms with Gasteiger partial charge in [0.25, 0.3) is 5.69 Å². The summed E-state index contributed by atoms with van der Waals surface area (Å²) in [5, 5.41) is 22.6. The molecule has 7 nitrogen and oxygen atoms in total. The fourth-order valence-corrected chi connectivity index (χ4v) is 1.34. The Morgan fingerprint density at radius 1 is 1.45 bits per heavy atom. The normalized spacial score (nSPS) is 12.2. The lowest BCUT2D eigenvalue weighted by Crippen LogP contribution is -2.45. The van der Waals surface area contributed by atoms with E-state index in [0.29, 0.717) is 0 Å². The number of rotatable bonds is 3. The summed E-state index contributed by atoms with van der Waals surface area (Å²) in [4.78, 5) is 21.9. The highest BCUT2D eigenvalue weighted by atomic mass is 35.5. The van der Waals surface area contributed by atoms with Crippen LogP contribution in [0.4, 0.5) is 11.4 Å². The lowest BCUT2D eigenvalue weighted by Gasteiger charge is -2.25. The van der Waals surface area contributed by atoms with Crippen LogP contribution in [0, 0.1) is 15.5 Å². The summed E-state index contributed by atoms with van der Waals surface area (Å²) >= 11 is 0. The second kappa shape index (κ2) is 6.53. The molecule has 0 aliphatic heterocycles. The molecule has 0 fully saturated rings. The lowest BCUT2D eigenvalue weighted by atomic mass is 9.87. The summed E-state index contributed by atoms with van der Waals surface area (Å²) < 4.78 is 0. The molecule has 112 valence electrons. The number of nitrogens with two attached hydrogens (primary N) is 1. The van der Waals surface area contributed by atoms with Crippen molar-refractivity contribution in [2.24, 2.45) is 11.1 Å². The predicted molar refractivity (Wildman–Crippen MR) is 78.1 cm³/mol. The van der Waals surface area contributed by atoms with Crippen LogP contribution in [-0.4, -0.2) is 22.0 Å². The number of nitro groups is 1. The molecule has 0 spiro atoms. The monoisotopic (exact) mass is 303 g/mol. The number of benzene rings is 1. The predicted octanol–water partition coefficient (Wildman–Crippen LogP) is 2.03. The number of phenols is 1. The number of anilines is 1. The van der Waals surface area contributed by atoms with E-state index in [1.807, 2.05) is 0 Å². The average molecular weight is 304 g/mol. The number of nitrogens with one attached hydrogen (secondary N) is 1. The third-order valence-electron chi connectivity index (χ3n) is 2.66. The summed E-state index contributed by atoms with van der Waals surface area (Å²) in [6.45, 7) is 5.39. The van der Waals surface area contributed by atoms with Crippen molar-refractivity contribution in [1.29, 1.82) is 0 Å². The molecule has 4 N–H and O–H groups in total. The maximum Gasteiger partial charge on any atom is 0.271 e. The van der Waals surface area contributed by atoms with E-state index in [1.165, 1.54) is 0 Å². The number of carbonyl (C=O) groups is 1. The molecular formula is C12H18ClN3O4. The zero-order chi connectivity index (χ0) is 14.8. The van der Waals surface area contributed by atoms with Gasteiger partial charge in [0, 0.05) is 12.1 Å². The Morgan fingerprint density at radius 3 is 2.45 bits per heavy atom. The lowest BCUT2D eigenvalue weighted by molar-refractivity contribution is -0.384. The van der Waals surface area contributed by atoms with Gasteiger partial charge in [0.05, 0.1) is 16.7 Å². The minimum Gasteiger partial charge on any atom is -0.506 e. The molecule has 1 aromatic carbocycles. The molecule has 0 bridgehead atoms. The van der Waals surface area contributed by atoms with Gasteiger partial charge in [-0.3, -0.25) is 14.9 Å². The number of halogens is 1. The molecule has 0 radical (unpaired) electrons. The molecule has 0 aromatic heterocycles. The van der Waals surface area contributed by atoms with Crippen molar-refractivity contribution in [3.8, 4) is 5.75 Å². The highest BCUT2D eigenvalue weighted by Crippen LogP contribution is 2.28. The van der Waals surface area contributed by atoms with E-state index >= 15 is 0 Å². The first kappa shape index (κ1) is 18.1. The Hall–Kier alpha value is -1.86. The third kappa shape index (κ3) is 4.36. The second-order valence-corrected chi connectivity index (χ2v) is 5.29. The second-order valence-electron chi connectivity index (χ2n) is 5.29. The Kier molecular flexibility index (Phi) is 5.93. The number of hydrogen-bond acceptors (Lipinski definition) is 5. The molecule has 0 aliphatic rings. The molecule has 1 atom stereocenters. The van der Waals surface area contributed by atoms with Crippen molar-refractivity contribution in [3.05, 3.63) is 28.3 Å². The van der Waals surface area contributed by atoms with E-state index in [0.717, 1.165) is 18.2 Å². The Morgan fingerprint density at radius 2 is 2.00 bits per heavy atom. The largest absolute Gasteiger partial charge is 0.506 e. The first-order chi connectivity index (χ1) is 8.62. The van der Waals surface area contributed by atoms with Gasteiger partial charge in [0.1, 0.15) is 5.75 Å². The molecule has 20 heavy (non-hydrogen) atoms. The standard InChI is InChI=1S/C12H17N3O4.ClH/c1-12(2,3)10(13)11(17)14-8-6-7(15(18)19)4-5-9(8)16;/h4-6,10,16H,13H2,1-3H3,(H,14,17);1H/t10-;/m1./s1. The molecule has 0 saturated carbocycles. The van der Waals surface area contributed by atoms with Gasteiger partial charge in [-0.25, -0.2) is 0 Å². The number of phenolic OH excluding ortho intramolecular Hbond substituents is 1. The van der Waals surface area contributed by atoms with Gasteiger partial charge in [-0.1, -0.05) is 20.8 Å². The van der Waals surface area contributed by atoms with Gasteiger partial charge < -0.3 is 16.2 Å². The van der Waals surface area contributed by atoms with E-state index in [2.05, 4.69) is 5.32 Å². The van der Waals surface area contributed by atoms with Crippen LogP contribution in [-0.2, 0) is 4.79 Å². The van der Waals surface area contributed by atoms with Crippen molar-refractivity contribution < 1.29 is 14.8 Å². The Balaban J connectivity index is 0.00000361. The maximum atomic E-state index is 11.9. The molecule has 0 aliphatic carbocycles. The fourth-order valence-electron chi connectivity index (χ4n) is 1.34. The zero-order valence-electron chi connectivity index (χ0n) is 11.4. The molecule has 0 saturated heterocycles. The van der Waals surface area contributed by atoms with E-state index in [4.69, 9.17) is 5.73 Å². The van der Waals surface area contributed by atoms with Crippen LogP contribution in [0.5, 0.6) is 5.75 Å². The summed E-state index contributed by atoms with van der Waals surface area (Å²) in [7, 11) is 0. The van der Waals surface area contributed by atoms with Crippen molar-refractivity contribution in [2.75, 3.05) is 5.32 Å². The fraction of sp³-hybridized carbons (Fsp3) is 0.417. The first-order valence-electron chi connectivity index (χ1n) is 5.67. The van der Waals surface area contributed by atoms with Crippen LogP contribution in [0.3, 0.4) is 0 Å². The van der Waals surface area contributed by atoms with E-state index in [-0.39, 0.29) is 29.5 Å². The molecule has 1 aromatic rings. The van der Waals surface area contributed by atoms with E-state index in [9.17, 15) is 20.0 Å². The van der Waals surface area contributed by atoms with Crippen molar-refractivity contribution in [2.45, 2.75) is 26.8 Å². The quantitative estimate of drug-likeness (QED) is 0.448. The molecule has 8 heteroatoms. The smallest absolute Gasteiger partial charge is 0.271 e. The molecule has 1 amide bonds. The van der Waals surface area contributed by atoms with Crippen LogP contribution in [0.2, 0.25) is 0 Å². The van der Waals surface area contributed by atoms with Crippen LogP contribution in [0.1, 0.15) is 20.8 Å². The minimum atomic E-state index is -0.800. The van der Waals surface area contributed by atoms with Crippen molar-refractivity contribution >= 4 is 29.7 Å². The summed E-state index contributed by atoms with van der Waals surface area (Å²) in [5.74, 6) is -0.761. The number of carbonyl (C=O) groups excluding carboxylic acids is 1. The third-order valence-corrected chi connectivity index (χ3v) is 2.66. The van der Waals surface area contributed by atoms with Gasteiger partial charge in [-0.05, 0) is 11.5 Å². The molecule has 0 heterocycles. The highest BCUT2D eigenvalue weighted by Gasteiger charge is 2.28. The van der Waals surface area contributed by atoms with Crippen LogP contribution < -0.4 is 11.1 Å². The number of hydrogen-bond donors (Lipinski definition) is 3. The summed E-state index contributed by atoms with van der Waals surface area (Å²) in [6, 6.07) is 2.58. The summed E-state index contributed by atoms with van der Waals surface area (Å²) in [5.41, 5.74) is 5.05. The van der Waals surface area contributed by atoms with Crippen LogP contribution >= 0.6 is 12.4 Å². The topological polar surface area (TPSA) is 118 Å². The summed E-state index contributed by atoms with van der Waals surface area (Å²) in [6.07, 6.45) is 0. The number of nitrogens with zero attached hydrogens (tertiary/aromatic N) is 1. The van der Waals surface area contributed by atoms with E-state index in [1.54, 1.807) is 20.8 Å². The average Bonchev–Trinajstić information content (AvgIpc) is 2.29. The molecule has 0 unspecified atom stereocenters. The van der Waals surface area contributed by atoms with Crippen molar-refractivity contribution in [3.63, 3.8) is 0 Å². The van der Waals surface area contributed by atoms with Gasteiger partial charge in [-0.15, -0.1) is 12.4 Å². The highest BCUT2D eigenvalue weighted by molar-refractivity contribution is 5.96. The van der Waals surface area contributed by atoms with Gasteiger partial charge >= 0.3 is 0 Å². The maximum absolute atomic E-state index is 11.9. The van der Waals surface area contributed by atoms with Crippen molar-refractivity contribution in [1.82, 2.24) is 0 Å². The minimum absolute atomic E-state index is 0. The van der Waals surface area contributed by atoms with E-state index < -0.39 is 22.3 Å². The van der Waals surface area contributed by atoms with Crippen LogP contribution in [0.25, 0.3) is 0 Å². The number of amides is 1. The first-order valence-corrected chi connectivity index (χ1v) is 5.67. The van der Waals surface area contributed by atoms with Gasteiger partial charge in [-0.2, -0.15) is 0 Å². The number of non-ortho nitro benzene ring substituents is 1. The van der Waals surface area contributed by atoms with Gasteiger partial charge in [0.15, 0.2) is 0 Å². The zero-order valence-corrected chi connectivity index (χ0v) is 12.2. The number of aromatic hydroxyl groups is 1. The SMILES string of the molecule is CC(C)(C)[C@H](N)C(=O)Nc1cc([N+](=O)[O-])ccc1O.Cl. The molecular weight excluding hydrogens is 286 g/mol. The van der Waals surface area contributed by atoms with Crippen LogP contribution in [0.15, 0.2) is 18.2 Å². The number of nitro benzene ring substituents is 1. The molecule has 1 rings (SSSR count). The van der Waals surface area contributed by atoms with Gasteiger partial charge in [0.2, 0.25) is 5.91 Å². The Bertz CT molecular complexity index is 514.